The summed E-state index contributed by atoms with van der Waals surface area (Å²) in [5, 5.41) is 22.8. The normalized spacial score (nSPS) is 10.2. The number of ketones is 4. The van der Waals surface area contributed by atoms with Crippen LogP contribution in [0, 0.1) is 0 Å². The van der Waals surface area contributed by atoms with E-state index < -0.39 is 11.9 Å². The van der Waals surface area contributed by atoms with Gasteiger partial charge >= 0.3 is 5.97 Å². The number of hydrogen-bond donors (Lipinski definition) is 5. The van der Waals surface area contributed by atoms with Crippen molar-refractivity contribution in [2.75, 3.05) is 40.1 Å². The molecule has 0 unspecified atom stereocenters. The number of aliphatic carboxylic acids is 1. The number of carboxylic acid groups (broad SMARTS) is 1. The molecule has 0 fully saturated rings. The van der Waals surface area contributed by atoms with E-state index in [9.17, 15) is 43.2 Å². The molecule has 26 nitrogen and oxygen atoms in total. The summed E-state index contributed by atoms with van der Waals surface area (Å²) in [6.45, 7) is 7.56. The first-order valence-electron chi connectivity index (χ1n) is 30.2. The molecule has 0 bridgehead atoms. The van der Waals surface area contributed by atoms with Gasteiger partial charge in [0.1, 0.15) is 19.0 Å². The quantitative estimate of drug-likeness (QED) is 0.0371. The van der Waals surface area contributed by atoms with E-state index >= 15 is 0 Å². The Morgan fingerprint density at radius 1 is 0.422 bits per heavy atom. The lowest BCUT2D eigenvalue weighted by atomic mass is 10.3. The number of amides is 2. The van der Waals surface area contributed by atoms with Crippen LogP contribution in [0.15, 0.2) is 179 Å². The van der Waals surface area contributed by atoms with Crippen molar-refractivity contribution in [3.63, 3.8) is 0 Å². The van der Waals surface area contributed by atoms with Crippen LogP contribution < -0.4 is 45.8 Å². The predicted molar refractivity (Wildman–Crippen MR) is 400 cm³/mol. The van der Waals surface area contributed by atoms with Crippen LogP contribution in [0.5, 0.6) is 29.4 Å². The Hall–Kier alpha value is -10.6. The average molecular weight is 1520 g/mol. The molecule has 0 saturated heterocycles. The van der Waals surface area contributed by atoms with Crippen molar-refractivity contribution >= 4 is 192 Å². The molecule has 0 saturated carbocycles. The van der Waals surface area contributed by atoms with Gasteiger partial charge in [-0.1, -0.05) is 115 Å². The summed E-state index contributed by atoms with van der Waals surface area (Å²) in [7, 11) is 1.37. The molecule has 5 N–H and O–H groups in total. The molecular formula is C69H65N9O17S7. The van der Waals surface area contributed by atoms with Crippen LogP contribution in [-0.4, -0.2) is 122 Å². The SMILES string of the molecule is CC(=O)COc1nsc2ccccc12.CC(=O)COc1nsc2ccccc12.CC(=O)Cn1sc2ccccc2c1=O.CCC(C)=O.CONC(=O)COc1nsc2ccccc12.O=C(COc1nsc2ccccc12)NO.O=C(O)COc1nsc2ccccc12.O=c1[nH]sc2ccccc12. The van der Waals surface area contributed by atoms with E-state index in [2.05, 4.69) is 36.6 Å². The second-order valence-corrected chi connectivity index (χ2v) is 26.6. The number of benzene rings is 7. The monoisotopic (exact) mass is 1520 g/mol. The smallest absolute Gasteiger partial charge is 0.341 e. The van der Waals surface area contributed by atoms with E-state index in [1.54, 1.807) is 13.0 Å². The van der Waals surface area contributed by atoms with E-state index in [4.69, 9.17) is 34.0 Å². The number of carboxylic acids is 1. The number of H-pyrrole nitrogens is 1. The van der Waals surface area contributed by atoms with Gasteiger partial charge in [0.15, 0.2) is 37.2 Å². The average Bonchev–Trinajstić information content (AvgIpc) is 1.70. The summed E-state index contributed by atoms with van der Waals surface area (Å²) >= 11 is 9.41. The molecule has 0 aliphatic carbocycles. The van der Waals surface area contributed by atoms with Crippen LogP contribution in [0.25, 0.3) is 70.6 Å². The van der Waals surface area contributed by atoms with Gasteiger partial charge in [0, 0.05) is 6.42 Å². The topological polar surface area (TPSA) is 359 Å². The number of hydrogen-bond acceptors (Lipinski definition) is 28. The number of Topliss-reactive ketones (excluding diaryl/α,β-unsaturated/α-hetero) is 4. The number of aromatic nitrogens is 7. The Labute approximate surface area is 609 Å². The van der Waals surface area contributed by atoms with Crippen molar-refractivity contribution in [3.05, 3.63) is 191 Å². The first-order chi connectivity index (χ1) is 49.3. The van der Waals surface area contributed by atoms with Crippen LogP contribution >= 0.6 is 80.7 Å². The minimum absolute atomic E-state index is 0.00124. The van der Waals surface area contributed by atoms with Crippen molar-refractivity contribution < 1.29 is 72.4 Å². The highest BCUT2D eigenvalue weighted by Crippen LogP contribution is 2.32. The number of ether oxygens (including phenoxy) is 5. The standard InChI is InChI=1S/C10H10N2O3S.3C10H9NO2S.C9H8N2O3S.C9H7NO3S.C7H5NOS.C4H8O/c1-14-11-9(13)6-15-10-7-4-2-3-5-8(7)16-12-10;2*1-7(12)6-13-10-8-4-2-3-5-9(8)14-11-10;1-7(12)6-11-10(13)8-4-2-3-5-9(8)14-11;12-8(10-13)5-14-9-6-3-1-2-4-7(6)15-11-9;11-8(12)5-13-9-6-3-1-2-4-7(6)14-10-9;9-7-5-3-1-2-4-6(5)10-8-7;1-3-4(2)5/h2-5H,6H2,1H3,(H,11,13);3*2-5H,6H2,1H3;1-4,13H,5H2,(H,10,12);1-4H,5H2,(H,11,12);1-4H,(H,8,9);3H2,1-2H3. The summed E-state index contributed by atoms with van der Waals surface area (Å²) in [6, 6.07) is 53.3. The van der Waals surface area contributed by atoms with Gasteiger partial charge in [-0.25, -0.2) is 15.8 Å². The number of aromatic amines is 1. The highest BCUT2D eigenvalue weighted by molar-refractivity contribution is 7.15. The fourth-order valence-corrected chi connectivity index (χ4v) is 13.4. The van der Waals surface area contributed by atoms with Crippen molar-refractivity contribution in [2.24, 2.45) is 0 Å². The van der Waals surface area contributed by atoms with Gasteiger partial charge in [-0.2, -0.15) is 21.9 Å². The first kappa shape index (κ1) is 78.7. The molecule has 2 amide bonds. The van der Waals surface area contributed by atoms with E-state index in [0.29, 0.717) is 41.2 Å². The van der Waals surface area contributed by atoms with Crippen molar-refractivity contribution in [3.8, 4) is 29.4 Å². The zero-order chi connectivity index (χ0) is 73.3. The highest BCUT2D eigenvalue weighted by Gasteiger charge is 2.13. The van der Waals surface area contributed by atoms with Crippen molar-refractivity contribution in [2.45, 2.75) is 47.6 Å². The van der Waals surface area contributed by atoms with E-state index in [-0.39, 0.29) is 79.7 Å². The van der Waals surface area contributed by atoms with Crippen molar-refractivity contribution in [1.82, 2.24) is 41.2 Å². The van der Waals surface area contributed by atoms with Gasteiger partial charge in [-0.3, -0.25) is 51.9 Å². The van der Waals surface area contributed by atoms with Crippen LogP contribution in [0.2, 0.25) is 0 Å². The van der Waals surface area contributed by atoms with Gasteiger partial charge in [0.25, 0.3) is 22.9 Å². The number of nitrogens with zero attached hydrogens (tertiary/aromatic N) is 6. The Bertz CT molecular complexity index is 5000. The fraction of sp³-hybridized carbons (Fsp3) is 0.188. The van der Waals surface area contributed by atoms with Crippen LogP contribution in [0.4, 0.5) is 0 Å². The number of hydroxylamine groups is 2. The molecule has 14 rings (SSSR count). The number of nitrogens with one attached hydrogen (secondary N) is 3. The maximum atomic E-state index is 11.7. The minimum atomic E-state index is -0.998. The first-order valence-corrected chi connectivity index (χ1v) is 35.7. The fourth-order valence-electron chi connectivity index (χ4n) is 7.97. The number of fused-ring (bicyclic) bond motifs is 7. The van der Waals surface area contributed by atoms with E-state index in [0.717, 1.165) is 65.2 Å². The maximum absolute atomic E-state index is 11.7. The molecule has 0 spiro atoms. The van der Waals surface area contributed by atoms with Gasteiger partial charge in [0.2, 0.25) is 29.4 Å². The molecule has 14 aromatic rings. The minimum Gasteiger partial charge on any atom is -0.479 e. The molecule has 0 aliphatic rings. The lowest BCUT2D eigenvalue weighted by Gasteiger charge is -2.03. The molecule has 7 heterocycles. The van der Waals surface area contributed by atoms with Crippen molar-refractivity contribution in [1.29, 1.82) is 0 Å². The Morgan fingerprint density at radius 2 is 0.735 bits per heavy atom. The summed E-state index contributed by atoms with van der Waals surface area (Å²) in [5.41, 5.74) is 3.60. The Balaban J connectivity index is 0.000000165. The third-order valence-corrected chi connectivity index (χ3v) is 18.7. The Kier molecular flexibility index (Phi) is 31.8. The lowest BCUT2D eigenvalue weighted by molar-refractivity contribution is -0.139. The number of carbonyl (C=O) groups is 7. The molecule has 530 valence electrons. The van der Waals surface area contributed by atoms with Gasteiger partial charge in [-0.05, 0) is 170 Å². The lowest BCUT2D eigenvalue weighted by Crippen LogP contribution is -2.27. The third-order valence-electron chi connectivity index (χ3n) is 12.7. The zero-order valence-electron chi connectivity index (χ0n) is 55.2. The zero-order valence-corrected chi connectivity index (χ0v) is 60.9. The largest absolute Gasteiger partial charge is 0.479 e. The highest BCUT2D eigenvalue weighted by atomic mass is 32.1. The molecule has 102 heavy (non-hydrogen) atoms. The molecular weight excluding hydrogens is 1450 g/mol. The van der Waals surface area contributed by atoms with Crippen LogP contribution in [-0.2, 0) is 44.9 Å². The van der Waals surface area contributed by atoms with E-state index in [1.807, 2.05) is 171 Å². The summed E-state index contributed by atoms with van der Waals surface area (Å²) in [6.07, 6.45) is 0.667. The molecule has 0 radical (unpaired) electrons. The summed E-state index contributed by atoms with van der Waals surface area (Å²) in [4.78, 5) is 101. The van der Waals surface area contributed by atoms with E-state index in [1.165, 1.54) is 118 Å². The summed E-state index contributed by atoms with van der Waals surface area (Å²) in [5.74, 6) is 0.710. The van der Waals surface area contributed by atoms with Gasteiger partial charge in [-0.15, -0.1) is 0 Å². The second kappa shape index (κ2) is 41.2. The predicted octanol–water partition coefficient (Wildman–Crippen LogP) is 13.0. The molecule has 7 aromatic carbocycles. The summed E-state index contributed by atoms with van der Waals surface area (Å²) < 4.78 is 57.7. The maximum Gasteiger partial charge on any atom is 0.341 e. The number of carbonyl (C=O) groups excluding carboxylic acids is 6. The molecule has 33 heteroatoms. The second-order valence-electron chi connectivity index (χ2n) is 20.6. The number of rotatable bonds is 19. The molecule has 0 aliphatic heterocycles. The Morgan fingerprint density at radius 3 is 1.05 bits per heavy atom. The van der Waals surface area contributed by atoms with Crippen LogP contribution in [0.3, 0.4) is 0 Å². The van der Waals surface area contributed by atoms with Gasteiger partial charge < -0.3 is 33.6 Å². The molecule has 0 atom stereocenters. The third kappa shape index (κ3) is 24.6. The molecule has 7 aromatic heterocycles. The van der Waals surface area contributed by atoms with Gasteiger partial charge in [0.05, 0.1) is 84.3 Å². The van der Waals surface area contributed by atoms with Crippen LogP contribution in [0.1, 0.15) is 41.0 Å².